The predicted octanol–water partition coefficient (Wildman–Crippen LogP) is 3.10. The second kappa shape index (κ2) is 8.32. The van der Waals surface area contributed by atoms with Gasteiger partial charge < -0.3 is 14.8 Å². The highest BCUT2D eigenvalue weighted by Gasteiger charge is 2.31. The number of pyridine rings is 1. The number of hydrogen-bond acceptors (Lipinski definition) is 4. The number of hydrogen-bond donors (Lipinski definition) is 1. The molecule has 2 rings (SSSR count). The zero-order valence-corrected chi connectivity index (χ0v) is 13.4. The molecule has 2 unspecified atom stereocenters. The number of aromatic nitrogens is 1. The van der Waals surface area contributed by atoms with Crippen LogP contribution in [0, 0.1) is 0 Å². The standard InChI is InChI=1S/C16H21F3N2O3/c1-2-23-15-13(7-4-8-20-15)14(22)21-11-5-3-6-12(9-11)24-10-16(17,18)19/h4,7-8,11-12H,2-3,5-6,9-10H2,1H3,(H,21,22). The Morgan fingerprint density at radius 3 is 2.92 bits per heavy atom. The average molecular weight is 346 g/mol. The van der Waals surface area contributed by atoms with Crippen LogP contribution in [0.5, 0.6) is 5.88 Å². The molecular formula is C16H21F3N2O3. The lowest BCUT2D eigenvalue weighted by Crippen LogP contribution is -2.41. The normalized spacial score (nSPS) is 21.3. The molecule has 1 saturated carbocycles. The molecule has 0 saturated heterocycles. The number of halogens is 3. The lowest BCUT2D eigenvalue weighted by Gasteiger charge is -2.30. The van der Waals surface area contributed by atoms with Gasteiger partial charge in [-0.05, 0) is 44.7 Å². The quantitative estimate of drug-likeness (QED) is 0.860. The van der Waals surface area contributed by atoms with Gasteiger partial charge in [-0.3, -0.25) is 4.79 Å². The minimum absolute atomic E-state index is 0.223. The Balaban J connectivity index is 1.92. The smallest absolute Gasteiger partial charge is 0.411 e. The van der Waals surface area contributed by atoms with Gasteiger partial charge in [0.15, 0.2) is 0 Å². The summed E-state index contributed by atoms with van der Waals surface area (Å²) in [7, 11) is 0. The molecule has 1 N–H and O–H groups in total. The third kappa shape index (κ3) is 5.67. The first kappa shape index (κ1) is 18.5. The maximum absolute atomic E-state index is 12.4. The van der Waals surface area contributed by atoms with E-state index in [1.165, 1.54) is 6.20 Å². The van der Waals surface area contributed by atoms with E-state index in [9.17, 15) is 18.0 Å². The van der Waals surface area contributed by atoms with E-state index in [0.29, 0.717) is 37.9 Å². The van der Waals surface area contributed by atoms with Crippen molar-refractivity contribution in [1.29, 1.82) is 0 Å². The van der Waals surface area contributed by atoms with Gasteiger partial charge in [0.2, 0.25) is 5.88 Å². The van der Waals surface area contributed by atoms with Crippen LogP contribution in [-0.4, -0.2) is 42.4 Å². The molecule has 134 valence electrons. The third-order valence-electron chi connectivity index (χ3n) is 3.74. The van der Waals surface area contributed by atoms with Gasteiger partial charge in [-0.25, -0.2) is 4.98 Å². The molecule has 0 bridgehead atoms. The highest BCUT2D eigenvalue weighted by atomic mass is 19.4. The van der Waals surface area contributed by atoms with Crippen molar-refractivity contribution in [2.24, 2.45) is 0 Å². The lowest BCUT2D eigenvalue weighted by atomic mass is 9.92. The van der Waals surface area contributed by atoms with Crippen LogP contribution in [-0.2, 0) is 4.74 Å². The van der Waals surface area contributed by atoms with Crippen LogP contribution in [0.1, 0.15) is 43.0 Å². The molecule has 1 aliphatic rings. The van der Waals surface area contributed by atoms with E-state index in [-0.39, 0.29) is 17.8 Å². The number of carbonyl (C=O) groups is 1. The number of nitrogens with one attached hydrogen (secondary N) is 1. The van der Waals surface area contributed by atoms with Crippen LogP contribution in [0.25, 0.3) is 0 Å². The van der Waals surface area contributed by atoms with Crippen molar-refractivity contribution in [2.45, 2.75) is 50.9 Å². The van der Waals surface area contributed by atoms with Crippen LogP contribution in [0.4, 0.5) is 13.2 Å². The minimum atomic E-state index is -4.34. The van der Waals surface area contributed by atoms with Gasteiger partial charge in [-0.2, -0.15) is 13.2 Å². The fourth-order valence-electron chi connectivity index (χ4n) is 2.72. The van der Waals surface area contributed by atoms with E-state index < -0.39 is 18.9 Å². The lowest BCUT2D eigenvalue weighted by molar-refractivity contribution is -0.188. The summed E-state index contributed by atoms with van der Waals surface area (Å²) in [6, 6.07) is 3.01. The maximum atomic E-state index is 12.4. The summed E-state index contributed by atoms with van der Waals surface area (Å²) < 4.78 is 47.0. The van der Waals surface area contributed by atoms with Crippen molar-refractivity contribution in [1.82, 2.24) is 10.3 Å². The molecular weight excluding hydrogens is 325 g/mol. The molecule has 24 heavy (non-hydrogen) atoms. The molecule has 0 radical (unpaired) electrons. The van der Waals surface area contributed by atoms with E-state index in [0.717, 1.165) is 0 Å². The summed E-state index contributed by atoms with van der Waals surface area (Å²) in [4.78, 5) is 16.4. The van der Waals surface area contributed by atoms with E-state index in [4.69, 9.17) is 9.47 Å². The maximum Gasteiger partial charge on any atom is 0.411 e. The second-order valence-corrected chi connectivity index (χ2v) is 5.67. The number of carbonyl (C=O) groups excluding carboxylic acids is 1. The summed E-state index contributed by atoms with van der Waals surface area (Å²) in [6.45, 7) is 0.920. The number of alkyl halides is 3. The van der Waals surface area contributed by atoms with Crippen LogP contribution in [0.2, 0.25) is 0 Å². The van der Waals surface area contributed by atoms with Crippen molar-refractivity contribution >= 4 is 5.91 Å². The fraction of sp³-hybridized carbons (Fsp3) is 0.625. The first-order chi connectivity index (χ1) is 11.4. The zero-order chi connectivity index (χ0) is 17.6. The first-order valence-corrected chi connectivity index (χ1v) is 7.96. The van der Waals surface area contributed by atoms with Crippen LogP contribution < -0.4 is 10.1 Å². The Labute approximate surface area is 138 Å². The van der Waals surface area contributed by atoms with E-state index in [2.05, 4.69) is 10.3 Å². The Bertz CT molecular complexity index is 552. The Hall–Kier alpha value is -1.83. The largest absolute Gasteiger partial charge is 0.477 e. The highest BCUT2D eigenvalue weighted by Crippen LogP contribution is 2.25. The van der Waals surface area contributed by atoms with Crippen LogP contribution in [0.15, 0.2) is 18.3 Å². The van der Waals surface area contributed by atoms with Crippen molar-refractivity contribution in [3.8, 4) is 5.88 Å². The van der Waals surface area contributed by atoms with Gasteiger partial charge in [0.1, 0.15) is 12.2 Å². The second-order valence-electron chi connectivity index (χ2n) is 5.67. The summed E-state index contributed by atoms with van der Waals surface area (Å²) in [6.07, 6.45) is -0.945. The number of rotatable bonds is 6. The van der Waals surface area contributed by atoms with Crippen molar-refractivity contribution in [3.05, 3.63) is 23.9 Å². The monoisotopic (exact) mass is 346 g/mol. The SMILES string of the molecule is CCOc1ncccc1C(=O)NC1CCCC(OCC(F)(F)F)C1. The van der Waals surface area contributed by atoms with Crippen LogP contribution >= 0.6 is 0 Å². The van der Waals surface area contributed by atoms with E-state index >= 15 is 0 Å². The summed E-state index contributed by atoms with van der Waals surface area (Å²) >= 11 is 0. The van der Waals surface area contributed by atoms with E-state index in [1.807, 2.05) is 0 Å². The molecule has 8 heteroatoms. The molecule has 0 spiro atoms. The van der Waals surface area contributed by atoms with Gasteiger partial charge in [-0.1, -0.05) is 0 Å². The molecule has 0 aromatic carbocycles. The number of ether oxygens (including phenoxy) is 2. The van der Waals surface area contributed by atoms with E-state index in [1.54, 1.807) is 19.1 Å². The summed E-state index contributed by atoms with van der Waals surface area (Å²) in [5.41, 5.74) is 0.317. The minimum Gasteiger partial charge on any atom is -0.477 e. The van der Waals surface area contributed by atoms with Gasteiger partial charge in [0.25, 0.3) is 5.91 Å². The first-order valence-electron chi connectivity index (χ1n) is 7.96. The summed E-state index contributed by atoms with van der Waals surface area (Å²) in [5.74, 6) is -0.0915. The van der Waals surface area contributed by atoms with Gasteiger partial charge in [0.05, 0.1) is 12.7 Å². The predicted molar refractivity (Wildman–Crippen MR) is 80.9 cm³/mol. The zero-order valence-electron chi connectivity index (χ0n) is 13.4. The number of nitrogens with zero attached hydrogens (tertiary/aromatic N) is 1. The Kier molecular flexibility index (Phi) is 6.42. The molecule has 0 aliphatic heterocycles. The Morgan fingerprint density at radius 2 is 2.21 bits per heavy atom. The average Bonchev–Trinajstić information content (AvgIpc) is 2.53. The molecule has 1 fully saturated rings. The molecule has 1 heterocycles. The van der Waals surface area contributed by atoms with Gasteiger partial charge in [0, 0.05) is 12.2 Å². The molecule has 1 amide bonds. The Morgan fingerprint density at radius 1 is 1.42 bits per heavy atom. The van der Waals surface area contributed by atoms with Crippen molar-refractivity contribution in [2.75, 3.05) is 13.2 Å². The molecule has 1 aromatic heterocycles. The fourth-order valence-corrected chi connectivity index (χ4v) is 2.72. The van der Waals surface area contributed by atoms with Crippen molar-refractivity contribution < 1.29 is 27.4 Å². The van der Waals surface area contributed by atoms with Crippen LogP contribution in [0.3, 0.4) is 0 Å². The van der Waals surface area contributed by atoms with Gasteiger partial charge >= 0.3 is 6.18 Å². The molecule has 1 aromatic rings. The molecule has 2 atom stereocenters. The summed E-state index contributed by atoms with van der Waals surface area (Å²) in [5, 5.41) is 2.84. The number of amides is 1. The van der Waals surface area contributed by atoms with Gasteiger partial charge in [-0.15, -0.1) is 0 Å². The molecule has 5 nitrogen and oxygen atoms in total. The molecule has 1 aliphatic carbocycles. The highest BCUT2D eigenvalue weighted by molar-refractivity contribution is 5.96. The third-order valence-corrected chi connectivity index (χ3v) is 3.74. The van der Waals surface area contributed by atoms with Crippen molar-refractivity contribution in [3.63, 3.8) is 0 Å². The topological polar surface area (TPSA) is 60.5 Å².